The topological polar surface area (TPSA) is 42.0 Å². The van der Waals surface area contributed by atoms with Crippen LogP contribution in [0.4, 0.5) is 0 Å². The molecule has 104 valence electrons. The molecular formula is C13H24N2O3. The van der Waals surface area contributed by atoms with Crippen LogP contribution < -0.4 is 0 Å². The molecule has 2 heterocycles. The van der Waals surface area contributed by atoms with Gasteiger partial charge in [-0.25, -0.2) is 0 Å². The van der Waals surface area contributed by atoms with Crippen molar-refractivity contribution in [2.75, 3.05) is 45.9 Å². The molecule has 0 aromatic carbocycles. The largest absolute Gasteiger partial charge is 0.353 e. The van der Waals surface area contributed by atoms with E-state index in [4.69, 9.17) is 9.47 Å². The maximum atomic E-state index is 11.3. The van der Waals surface area contributed by atoms with Crippen LogP contribution in [0, 0.1) is 0 Å². The van der Waals surface area contributed by atoms with Crippen molar-refractivity contribution in [2.24, 2.45) is 0 Å². The summed E-state index contributed by atoms with van der Waals surface area (Å²) >= 11 is 0. The lowest BCUT2D eigenvalue weighted by Gasteiger charge is -2.26. The summed E-state index contributed by atoms with van der Waals surface area (Å²) in [5, 5.41) is 0. The monoisotopic (exact) mass is 256 g/mol. The van der Waals surface area contributed by atoms with Gasteiger partial charge < -0.3 is 19.3 Å². The Balaban J connectivity index is 1.68. The molecule has 0 aromatic heterocycles. The van der Waals surface area contributed by atoms with Gasteiger partial charge in [0.1, 0.15) is 0 Å². The van der Waals surface area contributed by atoms with Gasteiger partial charge in [-0.15, -0.1) is 0 Å². The van der Waals surface area contributed by atoms with Crippen LogP contribution in [0.5, 0.6) is 0 Å². The number of carbonyl (C=O) groups is 1. The fraction of sp³-hybridized carbons (Fsp3) is 0.923. The molecule has 2 saturated heterocycles. The molecule has 0 aromatic rings. The minimum Gasteiger partial charge on any atom is -0.353 e. The first-order chi connectivity index (χ1) is 8.75. The lowest BCUT2D eigenvalue weighted by molar-refractivity contribution is -0.182. The third-order valence-electron chi connectivity index (χ3n) is 3.61. The van der Waals surface area contributed by atoms with Gasteiger partial charge in [0.2, 0.25) is 5.91 Å². The van der Waals surface area contributed by atoms with Gasteiger partial charge in [-0.1, -0.05) is 0 Å². The molecule has 18 heavy (non-hydrogen) atoms. The molecule has 0 atom stereocenters. The van der Waals surface area contributed by atoms with E-state index >= 15 is 0 Å². The van der Waals surface area contributed by atoms with E-state index in [1.807, 2.05) is 4.90 Å². The molecule has 2 aliphatic heterocycles. The first kappa shape index (κ1) is 13.8. The molecule has 5 nitrogen and oxygen atoms in total. The Kier molecular flexibility index (Phi) is 5.41. The lowest BCUT2D eigenvalue weighted by atomic mass is 10.3. The number of nitrogens with zero attached hydrogens (tertiary/aromatic N) is 2. The summed E-state index contributed by atoms with van der Waals surface area (Å²) in [6.45, 7) is 8.06. The maximum absolute atomic E-state index is 11.3. The normalized spacial score (nSPS) is 23.9. The first-order valence-electron chi connectivity index (χ1n) is 6.97. The first-order valence-corrected chi connectivity index (χ1v) is 6.97. The summed E-state index contributed by atoms with van der Waals surface area (Å²) in [4.78, 5) is 15.7. The molecule has 0 aliphatic carbocycles. The molecule has 2 aliphatic rings. The van der Waals surface area contributed by atoms with Gasteiger partial charge in [0.25, 0.3) is 0 Å². The van der Waals surface area contributed by atoms with Crippen molar-refractivity contribution in [1.82, 2.24) is 9.80 Å². The molecule has 0 bridgehead atoms. The van der Waals surface area contributed by atoms with Gasteiger partial charge in [-0.05, 0) is 19.4 Å². The van der Waals surface area contributed by atoms with Crippen molar-refractivity contribution in [3.05, 3.63) is 0 Å². The number of hydrogen-bond donors (Lipinski definition) is 0. The Hall–Kier alpha value is -0.650. The zero-order valence-corrected chi connectivity index (χ0v) is 11.3. The standard InChI is InChI=1S/C13H24N2O3/c1-12(16)15-6-2-5-14(8-9-15)7-4-13-17-10-3-11-18-13/h13H,2-11H2,1H3. The van der Waals surface area contributed by atoms with Gasteiger partial charge in [0.15, 0.2) is 6.29 Å². The van der Waals surface area contributed by atoms with Crippen LogP contribution in [-0.4, -0.2) is 67.9 Å². The van der Waals surface area contributed by atoms with Gasteiger partial charge in [0, 0.05) is 39.5 Å². The zero-order chi connectivity index (χ0) is 12.8. The molecule has 0 saturated carbocycles. The van der Waals surface area contributed by atoms with Crippen LogP contribution in [0.3, 0.4) is 0 Å². The Labute approximate surface area is 109 Å². The average molecular weight is 256 g/mol. The summed E-state index contributed by atoms with van der Waals surface area (Å²) in [7, 11) is 0. The van der Waals surface area contributed by atoms with Crippen molar-refractivity contribution in [3.8, 4) is 0 Å². The second-order valence-corrected chi connectivity index (χ2v) is 5.01. The van der Waals surface area contributed by atoms with Crippen molar-refractivity contribution < 1.29 is 14.3 Å². The Bertz CT molecular complexity index is 267. The van der Waals surface area contributed by atoms with Crippen LogP contribution in [0.2, 0.25) is 0 Å². The highest BCUT2D eigenvalue weighted by Gasteiger charge is 2.19. The fourth-order valence-electron chi connectivity index (χ4n) is 2.50. The van der Waals surface area contributed by atoms with Crippen molar-refractivity contribution in [2.45, 2.75) is 32.5 Å². The summed E-state index contributed by atoms with van der Waals surface area (Å²) in [6, 6.07) is 0. The van der Waals surface area contributed by atoms with E-state index < -0.39 is 0 Å². The van der Waals surface area contributed by atoms with Crippen LogP contribution >= 0.6 is 0 Å². The quantitative estimate of drug-likeness (QED) is 0.745. The van der Waals surface area contributed by atoms with E-state index in [0.717, 1.165) is 65.2 Å². The third-order valence-corrected chi connectivity index (χ3v) is 3.61. The van der Waals surface area contributed by atoms with Gasteiger partial charge >= 0.3 is 0 Å². The highest BCUT2D eigenvalue weighted by Crippen LogP contribution is 2.11. The van der Waals surface area contributed by atoms with Crippen LogP contribution in [0.15, 0.2) is 0 Å². The van der Waals surface area contributed by atoms with Crippen molar-refractivity contribution >= 4 is 5.91 Å². The third kappa shape index (κ3) is 4.23. The molecule has 1 amide bonds. The second kappa shape index (κ2) is 7.07. The van der Waals surface area contributed by atoms with Crippen molar-refractivity contribution in [1.29, 1.82) is 0 Å². The van der Waals surface area contributed by atoms with E-state index in [1.54, 1.807) is 6.92 Å². The van der Waals surface area contributed by atoms with E-state index in [9.17, 15) is 4.79 Å². The Morgan fingerprint density at radius 3 is 2.61 bits per heavy atom. The van der Waals surface area contributed by atoms with E-state index in [-0.39, 0.29) is 12.2 Å². The van der Waals surface area contributed by atoms with Gasteiger partial charge in [0.05, 0.1) is 13.2 Å². The predicted molar refractivity (Wildman–Crippen MR) is 68.2 cm³/mol. The second-order valence-electron chi connectivity index (χ2n) is 5.01. The Morgan fingerprint density at radius 2 is 1.89 bits per heavy atom. The highest BCUT2D eigenvalue weighted by atomic mass is 16.7. The molecule has 0 spiro atoms. The summed E-state index contributed by atoms with van der Waals surface area (Å²) in [5.74, 6) is 0.191. The SMILES string of the molecule is CC(=O)N1CCCN(CCC2OCCCO2)CC1. The molecule has 2 rings (SSSR count). The lowest BCUT2D eigenvalue weighted by Crippen LogP contribution is -2.35. The van der Waals surface area contributed by atoms with Crippen LogP contribution in [0.1, 0.15) is 26.2 Å². The van der Waals surface area contributed by atoms with Crippen LogP contribution in [0.25, 0.3) is 0 Å². The number of hydrogen-bond acceptors (Lipinski definition) is 4. The number of ether oxygens (including phenoxy) is 2. The molecule has 5 heteroatoms. The summed E-state index contributed by atoms with van der Waals surface area (Å²) in [6.07, 6.45) is 2.98. The van der Waals surface area contributed by atoms with Crippen molar-refractivity contribution in [3.63, 3.8) is 0 Å². The smallest absolute Gasteiger partial charge is 0.219 e. The fourth-order valence-corrected chi connectivity index (χ4v) is 2.50. The summed E-state index contributed by atoms with van der Waals surface area (Å²) < 4.78 is 11.1. The molecule has 0 radical (unpaired) electrons. The van der Waals surface area contributed by atoms with Gasteiger partial charge in [-0.2, -0.15) is 0 Å². The van der Waals surface area contributed by atoms with E-state index in [2.05, 4.69) is 4.90 Å². The minimum absolute atomic E-state index is 0.0223. The van der Waals surface area contributed by atoms with Crippen LogP contribution in [-0.2, 0) is 14.3 Å². The number of amides is 1. The average Bonchev–Trinajstić information content (AvgIpc) is 2.63. The predicted octanol–water partition coefficient (Wildman–Crippen LogP) is 0.694. The van der Waals surface area contributed by atoms with E-state index in [1.165, 1.54) is 0 Å². The summed E-state index contributed by atoms with van der Waals surface area (Å²) in [5.41, 5.74) is 0. The molecule has 0 N–H and O–H groups in total. The maximum Gasteiger partial charge on any atom is 0.219 e. The molecule has 2 fully saturated rings. The zero-order valence-electron chi connectivity index (χ0n) is 11.3. The van der Waals surface area contributed by atoms with E-state index in [0.29, 0.717) is 0 Å². The Morgan fingerprint density at radius 1 is 1.11 bits per heavy atom. The highest BCUT2D eigenvalue weighted by molar-refractivity contribution is 5.73. The minimum atomic E-state index is -0.0223. The van der Waals surface area contributed by atoms with Gasteiger partial charge in [-0.3, -0.25) is 4.79 Å². The number of rotatable bonds is 3. The molecular weight excluding hydrogens is 232 g/mol. The molecule has 0 unspecified atom stereocenters. The number of carbonyl (C=O) groups excluding carboxylic acids is 1.